The van der Waals surface area contributed by atoms with E-state index >= 15 is 0 Å². The average Bonchev–Trinajstić information content (AvgIpc) is 2.83. The van der Waals surface area contributed by atoms with Gasteiger partial charge >= 0.3 is 6.09 Å². The van der Waals surface area contributed by atoms with E-state index in [2.05, 4.69) is 5.32 Å². The number of benzene rings is 1. The molecular weight excluding hydrogens is 424 g/mol. The Kier molecular flexibility index (Phi) is 7.12. The van der Waals surface area contributed by atoms with Gasteiger partial charge < -0.3 is 23.5 Å². The molecule has 1 amide bonds. The molecule has 1 aromatic carbocycles. The fraction of sp³-hybridized carbons (Fsp3) is 0.455. The van der Waals surface area contributed by atoms with Gasteiger partial charge in [0.05, 0.1) is 23.9 Å². The van der Waals surface area contributed by atoms with Gasteiger partial charge in [-0.2, -0.15) is 0 Å². The van der Waals surface area contributed by atoms with Crippen molar-refractivity contribution in [2.75, 3.05) is 32.2 Å². The Morgan fingerprint density at radius 3 is 2.74 bits per heavy atom. The number of hydrogen-bond acceptors (Lipinski definition) is 6. The average molecular weight is 451 g/mol. The molecule has 0 bridgehead atoms. The Balaban J connectivity index is 1.89. The number of methoxy groups -OCH3 is 1. The second kappa shape index (κ2) is 9.62. The number of amides is 1. The standard InChI is InChI=1S/C22H27ClN2O6/c1-22(2,3)31-21(27)24-16-13-25-6-9-30-19-12-20(29-8-5-7-28-4)15(23)10-14(19)17(25)11-18(16)26/h10-13H,5-9H2,1-4H3,(H,24,27). The Morgan fingerprint density at radius 2 is 2.03 bits per heavy atom. The molecule has 168 valence electrons. The van der Waals surface area contributed by atoms with Crippen molar-refractivity contribution in [3.05, 3.63) is 39.6 Å². The second-order valence-corrected chi connectivity index (χ2v) is 8.49. The van der Waals surface area contributed by atoms with E-state index < -0.39 is 11.7 Å². The molecule has 0 fully saturated rings. The summed E-state index contributed by atoms with van der Waals surface area (Å²) >= 11 is 6.42. The molecular formula is C22H27ClN2O6. The van der Waals surface area contributed by atoms with Gasteiger partial charge in [0, 0.05) is 44.0 Å². The highest BCUT2D eigenvalue weighted by molar-refractivity contribution is 6.32. The number of rotatable bonds is 6. The highest BCUT2D eigenvalue weighted by Crippen LogP contribution is 2.39. The highest BCUT2D eigenvalue weighted by Gasteiger charge is 2.21. The molecule has 1 aliphatic heterocycles. The van der Waals surface area contributed by atoms with Gasteiger partial charge in [0.15, 0.2) is 0 Å². The van der Waals surface area contributed by atoms with E-state index in [4.69, 9.17) is 30.5 Å². The van der Waals surface area contributed by atoms with Crippen molar-refractivity contribution in [2.24, 2.45) is 0 Å². The fourth-order valence-electron chi connectivity index (χ4n) is 3.10. The van der Waals surface area contributed by atoms with Crippen molar-refractivity contribution in [2.45, 2.75) is 39.3 Å². The SMILES string of the molecule is COCCCOc1cc2c(cc1Cl)-c1cc(=O)c(NC(=O)OC(C)(C)C)cn1CCO2. The first-order valence-electron chi connectivity index (χ1n) is 10.0. The number of ether oxygens (including phenoxy) is 4. The Hall–Kier alpha value is -2.71. The lowest BCUT2D eigenvalue weighted by atomic mass is 10.1. The number of nitrogens with one attached hydrogen (secondary N) is 1. The predicted octanol–water partition coefficient (Wildman–Crippen LogP) is 4.32. The minimum absolute atomic E-state index is 0.130. The van der Waals surface area contributed by atoms with Crippen LogP contribution in [0.5, 0.6) is 11.5 Å². The number of aromatic nitrogens is 1. The van der Waals surface area contributed by atoms with Gasteiger partial charge in [-0.1, -0.05) is 11.6 Å². The summed E-state index contributed by atoms with van der Waals surface area (Å²) in [5.41, 5.74) is 0.429. The van der Waals surface area contributed by atoms with Crippen LogP contribution in [0.4, 0.5) is 10.5 Å². The number of anilines is 1. The summed E-state index contributed by atoms with van der Waals surface area (Å²) in [5.74, 6) is 1.08. The fourth-order valence-corrected chi connectivity index (χ4v) is 3.32. The van der Waals surface area contributed by atoms with Crippen molar-refractivity contribution in [3.8, 4) is 22.8 Å². The monoisotopic (exact) mass is 450 g/mol. The molecule has 31 heavy (non-hydrogen) atoms. The van der Waals surface area contributed by atoms with E-state index in [-0.39, 0.29) is 11.1 Å². The number of pyridine rings is 1. The third-order valence-corrected chi connectivity index (χ3v) is 4.71. The van der Waals surface area contributed by atoms with E-state index in [0.717, 1.165) is 6.42 Å². The first-order chi connectivity index (χ1) is 14.7. The Morgan fingerprint density at radius 1 is 1.26 bits per heavy atom. The lowest BCUT2D eigenvalue weighted by Crippen LogP contribution is -2.29. The molecule has 1 aromatic heterocycles. The van der Waals surface area contributed by atoms with Crippen LogP contribution in [0.25, 0.3) is 11.3 Å². The van der Waals surface area contributed by atoms with Crippen molar-refractivity contribution in [1.29, 1.82) is 0 Å². The molecule has 0 radical (unpaired) electrons. The lowest BCUT2D eigenvalue weighted by molar-refractivity contribution is 0.0635. The number of carbonyl (C=O) groups excluding carboxylic acids is 1. The Labute approximate surface area is 186 Å². The van der Waals surface area contributed by atoms with Crippen LogP contribution in [0.15, 0.2) is 29.2 Å². The largest absolute Gasteiger partial charge is 0.492 e. The summed E-state index contributed by atoms with van der Waals surface area (Å²) < 4.78 is 23.7. The van der Waals surface area contributed by atoms with E-state index in [9.17, 15) is 9.59 Å². The molecule has 0 spiro atoms. The lowest BCUT2D eigenvalue weighted by Gasteiger charge is -2.20. The number of nitrogens with zero attached hydrogens (tertiary/aromatic N) is 1. The second-order valence-electron chi connectivity index (χ2n) is 8.08. The van der Waals surface area contributed by atoms with E-state index in [0.29, 0.717) is 54.1 Å². The molecule has 0 aliphatic carbocycles. The zero-order chi connectivity index (χ0) is 22.6. The molecule has 0 unspecified atom stereocenters. The maximum Gasteiger partial charge on any atom is 0.412 e. The van der Waals surface area contributed by atoms with Gasteiger partial charge in [0.2, 0.25) is 5.43 Å². The van der Waals surface area contributed by atoms with Crippen LogP contribution in [0.1, 0.15) is 27.2 Å². The van der Waals surface area contributed by atoms with Gasteiger partial charge in [0.25, 0.3) is 0 Å². The third kappa shape index (κ3) is 5.92. The van der Waals surface area contributed by atoms with Crippen molar-refractivity contribution in [3.63, 3.8) is 0 Å². The maximum atomic E-state index is 12.7. The molecule has 9 heteroatoms. The number of halogens is 1. The normalized spacial score (nSPS) is 12.8. The smallest absolute Gasteiger partial charge is 0.412 e. The molecule has 2 aromatic rings. The highest BCUT2D eigenvalue weighted by atomic mass is 35.5. The molecule has 0 atom stereocenters. The summed E-state index contributed by atoms with van der Waals surface area (Å²) in [7, 11) is 1.64. The number of hydrogen-bond donors (Lipinski definition) is 1. The molecule has 1 N–H and O–H groups in total. The maximum absolute atomic E-state index is 12.7. The summed E-state index contributed by atoms with van der Waals surface area (Å²) in [6.07, 6.45) is 1.63. The van der Waals surface area contributed by atoms with Crippen LogP contribution in [0.3, 0.4) is 0 Å². The summed E-state index contributed by atoms with van der Waals surface area (Å²) in [4.78, 5) is 24.8. The molecule has 2 heterocycles. The van der Waals surface area contributed by atoms with Crippen LogP contribution >= 0.6 is 11.6 Å². The predicted molar refractivity (Wildman–Crippen MR) is 118 cm³/mol. The first kappa shape index (κ1) is 23.0. The van der Waals surface area contributed by atoms with E-state index in [1.54, 1.807) is 46.2 Å². The molecule has 0 saturated carbocycles. The number of fused-ring (bicyclic) bond motifs is 3. The zero-order valence-corrected chi connectivity index (χ0v) is 18.9. The van der Waals surface area contributed by atoms with Crippen LogP contribution in [0.2, 0.25) is 5.02 Å². The first-order valence-corrected chi connectivity index (χ1v) is 10.4. The van der Waals surface area contributed by atoms with Crippen molar-refractivity contribution >= 4 is 23.4 Å². The third-order valence-electron chi connectivity index (χ3n) is 4.41. The van der Waals surface area contributed by atoms with Gasteiger partial charge in [-0.25, -0.2) is 4.79 Å². The summed E-state index contributed by atoms with van der Waals surface area (Å²) in [5, 5.41) is 2.94. The topological polar surface area (TPSA) is 88.0 Å². The van der Waals surface area contributed by atoms with Gasteiger partial charge in [-0.15, -0.1) is 0 Å². The summed E-state index contributed by atoms with van der Waals surface area (Å²) in [6, 6.07) is 4.91. The van der Waals surface area contributed by atoms with E-state index in [1.165, 1.54) is 6.07 Å². The van der Waals surface area contributed by atoms with Gasteiger partial charge in [0.1, 0.15) is 29.4 Å². The molecule has 1 aliphatic rings. The quantitative estimate of drug-likeness (QED) is 0.659. The minimum atomic E-state index is -0.686. The number of carbonyl (C=O) groups is 1. The molecule has 8 nitrogen and oxygen atoms in total. The van der Waals surface area contributed by atoms with Crippen molar-refractivity contribution in [1.82, 2.24) is 4.57 Å². The van der Waals surface area contributed by atoms with Crippen LogP contribution in [-0.4, -0.2) is 43.2 Å². The van der Waals surface area contributed by atoms with E-state index in [1.807, 2.05) is 4.57 Å². The molecule has 0 saturated heterocycles. The van der Waals surface area contributed by atoms with Crippen molar-refractivity contribution < 1.29 is 23.7 Å². The minimum Gasteiger partial charge on any atom is -0.492 e. The molecule has 3 rings (SSSR count). The van der Waals surface area contributed by atoms with Crippen LogP contribution in [-0.2, 0) is 16.0 Å². The van der Waals surface area contributed by atoms with Crippen LogP contribution < -0.4 is 20.2 Å². The Bertz CT molecular complexity index is 1010. The summed E-state index contributed by atoms with van der Waals surface area (Å²) in [6.45, 7) is 7.17. The zero-order valence-electron chi connectivity index (χ0n) is 18.1. The van der Waals surface area contributed by atoms with Gasteiger partial charge in [-0.3, -0.25) is 10.1 Å². The van der Waals surface area contributed by atoms with Gasteiger partial charge in [-0.05, 0) is 26.8 Å². The van der Waals surface area contributed by atoms with Crippen LogP contribution in [0, 0.1) is 0 Å².